The Morgan fingerprint density at radius 1 is 1.47 bits per heavy atom. The molecule has 0 saturated carbocycles. The highest BCUT2D eigenvalue weighted by atomic mass is 16.5. The molecule has 1 aromatic rings. The van der Waals surface area contributed by atoms with E-state index < -0.39 is 0 Å². The number of rotatable bonds is 1. The van der Waals surface area contributed by atoms with Crippen LogP contribution in [0.4, 0.5) is 5.82 Å². The van der Waals surface area contributed by atoms with Gasteiger partial charge in [-0.2, -0.15) is 4.98 Å². The normalized spacial score (nSPS) is 26.6. The van der Waals surface area contributed by atoms with E-state index in [0.29, 0.717) is 12.1 Å². The van der Waals surface area contributed by atoms with E-state index in [2.05, 4.69) is 35.1 Å². The predicted octanol–water partition coefficient (Wildman–Crippen LogP) is 1.12. The molecule has 0 aromatic carbocycles. The van der Waals surface area contributed by atoms with Crippen molar-refractivity contribution in [3.8, 4) is 5.88 Å². The Labute approximate surface area is 102 Å². The van der Waals surface area contributed by atoms with Crippen LogP contribution >= 0.6 is 0 Å². The van der Waals surface area contributed by atoms with Crippen LogP contribution in [0.3, 0.4) is 0 Å². The van der Waals surface area contributed by atoms with Crippen LogP contribution in [0.5, 0.6) is 5.88 Å². The summed E-state index contributed by atoms with van der Waals surface area (Å²) in [5.74, 6) is 1.89. The average Bonchev–Trinajstić information content (AvgIpc) is 2.66. The highest BCUT2D eigenvalue weighted by Crippen LogP contribution is 2.36. The molecule has 0 unspecified atom stereocenters. The van der Waals surface area contributed by atoms with Crippen molar-refractivity contribution in [1.82, 2.24) is 10.3 Å². The van der Waals surface area contributed by atoms with Crippen LogP contribution < -0.4 is 15.0 Å². The summed E-state index contributed by atoms with van der Waals surface area (Å²) in [6.45, 7) is 6.41. The van der Waals surface area contributed by atoms with Gasteiger partial charge in [-0.05, 0) is 31.9 Å². The van der Waals surface area contributed by atoms with Crippen LogP contribution in [-0.4, -0.2) is 37.3 Å². The molecular formula is C13H19N3O. The van der Waals surface area contributed by atoms with Gasteiger partial charge in [0.15, 0.2) is 0 Å². The zero-order valence-corrected chi connectivity index (χ0v) is 10.7. The zero-order valence-electron chi connectivity index (χ0n) is 10.7. The maximum Gasteiger partial charge on any atom is 0.217 e. The van der Waals surface area contributed by atoms with Gasteiger partial charge in [0.05, 0.1) is 7.11 Å². The number of fused-ring (bicyclic) bond motifs is 3. The number of hydrogen-bond acceptors (Lipinski definition) is 4. The van der Waals surface area contributed by atoms with Gasteiger partial charge in [-0.25, -0.2) is 0 Å². The van der Waals surface area contributed by atoms with Crippen molar-refractivity contribution in [2.75, 3.05) is 25.1 Å². The molecule has 2 aliphatic rings. The molecule has 1 fully saturated rings. The standard InChI is InChI=1S/C13H19N3O/c1-8-4-10-5-11-7-14-6-9(2)16(11)12(10)15-13(8)17-3/h4,9,11,14H,5-7H2,1-3H3/t9-,11-/m1/s1. The van der Waals surface area contributed by atoms with Gasteiger partial charge in [0.1, 0.15) is 5.82 Å². The maximum atomic E-state index is 5.33. The summed E-state index contributed by atoms with van der Waals surface area (Å²) >= 11 is 0. The number of methoxy groups -OCH3 is 1. The molecule has 92 valence electrons. The molecule has 0 amide bonds. The predicted molar refractivity (Wildman–Crippen MR) is 67.8 cm³/mol. The molecule has 2 atom stereocenters. The van der Waals surface area contributed by atoms with Crippen LogP contribution in [0.25, 0.3) is 0 Å². The van der Waals surface area contributed by atoms with E-state index in [0.717, 1.165) is 36.8 Å². The number of aryl methyl sites for hydroxylation is 1. The van der Waals surface area contributed by atoms with Gasteiger partial charge in [0, 0.05) is 30.7 Å². The zero-order chi connectivity index (χ0) is 12.0. The molecule has 1 aromatic heterocycles. The minimum absolute atomic E-state index is 0.509. The Hall–Kier alpha value is -1.29. The fourth-order valence-corrected chi connectivity index (χ4v) is 3.05. The number of nitrogens with zero attached hydrogens (tertiary/aromatic N) is 2. The van der Waals surface area contributed by atoms with Crippen molar-refractivity contribution in [2.24, 2.45) is 0 Å². The first-order valence-electron chi connectivity index (χ1n) is 6.24. The monoisotopic (exact) mass is 233 g/mol. The number of nitrogens with one attached hydrogen (secondary N) is 1. The molecular weight excluding hydrogens is 214 g/mol. The van der Waals surface area contributed by atoms with Crippen LogP contribution in [0.2, 0.25) is 0 Å². The first-order chi connectivity index (χ1) is 8.20. The Bertz CT molecular complexity index is 447. The van der Waals surface area contributed by atoms with Crippen molar-refractivity contribution in [3.05, 3.63) is 17.2 Å². The van der Waals surface area contributed by atoms with Gasteiger partial charge in [-0.15, -0.1) is 0 Å². The highest BCUT2D eigenvalue weighted by Gasteiger charge is 2.36. The third-order valence-electron chi connectivity index (χ3n) is 3.80. The number of piperazine rings is 1. The maximum absolute atomic E-state index is 5.33. The molecule has 4 heteroatoms. The van der Waals surface area contributed by atoms with Crippen LogP contribution in [0.15, 0.2) is 6.07 Å². The smallest absolute Gasteiger partial charge is 0.217 e. The van der Waals surface area contributed by atoms with Gasteiger partial charge < -0.3 is 15.0 Å². The second kappa shape index (κ2) is 3.88. The third-order valence-corrected chi connectivity index (χ3v) is 3.80. The summed E-state index contributed by atoms with van der Waals surface area (Å²) < 4.78 is 5.33. The molecule has 1 saturated heterocycles. The summed E-state index contributed by atoms with van der Waals surface area (Å²) in [5.41, 5.74) is 2.50. The second-order valence-corrected chi connectivity index (χ2v) is 5.07. The van der Waals surface area contributed by atoms with E-state index in [4.69, 9.17) is 4.74 Å². The number of anilines is 1. The largest absolute Gasteiger partial charge is 0.481 e. The summed E-state index contributed by atoms with van der Waals surface area (Å²) in [4.78, 5) is 7.13. The Morgan fingerprint density at radius 2 is 2.29 bits per heavy atom. The van der Waals surface area contributed by atoms with Gasteiger partial charge >= 0.3 is 0 Å². The van der Waals surface area contributed by atoms with E-state index in [9.17, 15) is 0 Å². The van der Waals surface area contributed by atoms with E-state index in [1.165, 1.54) is 5.56 Å². The lowest BCUT2D eigenvalue weighted by Crippen LogP contribution is -2.55. The minimum Gasteiger partial charge on any atom is -0.481 e. The summed E-state index contributed by atoms with van der Waals surface area (Å²) in [7, 11) is 1.69. The summed E-state index contributed by atoms with van der Waals surface area (Å²) in [5, 5.41) is 3.48. The molecule has 2 aliphatic heterocycles. The van der Waals surface area contributed by atoms with Gasteiger partial charge in [-0.3, -0.25) is 0 Å². The fourth-order valence-electron chi connectivity index (χ4n) is 3.05. The van der Waals surface area contributed by atoms with Gasteiger partial charge in [0.25, 0.3) is 0 Å². The molecule has 0 bridgehead atoms. The third kappa shape index (κ3) is 1.59. The van der Waals surface area contributed by atoms with Crippen molar-refractivity contribution >= 4 is 5.82 Å². The second-order valence-electron chi connectivity index (χ2n) is 5.07. The minimum atomic E-state index is 0.509. The lowest BCUT2D eigenvalue weighted by Gasteiger charge is -2.37. The molecule has 3 heterocycles. The lowest BCUT2D eigenvalue weighted by atomic mass is 10.1. The lowest BCUT2D eigenvalue weighted by molar-refractivity contribution is 0.392. The summed E-state index contributed by atoms with van der Waals surface area (Å²) in [6.07, 6.45) is 1.10. The molecule has 4 nitrogen and oxygen atoms in total. The van der Waals surface area contributed by atoms with Crippen molar-refractivity contribution in [3.63, 3.8) is 0 Å². The first-order valence-corrected chi connectivity index (χ1v) is 6.24. The van der Waals surface area contributed by atoms with Crippen molar-refractivity contribution in [1.29, 1.82) is 0 Å². The number of aromatic nitrogens is 1. The van der Waals surface area contributed by atoms with Gasteiger partial charge in [0.2, 0.25) is 5.88 Å². The van der Waals surface area contributed by atoms with Crippen molar-refractivity contribution < 1.29 is 4.74 Å². The van der Waals surface area contributed by atoms with E-state index >= 15 is 0 Å². The Morgan fingerprint density at radius 3 is 3.06 bits per heavy atom. The molecule has 0 aliphatic carbocycles. The van der Waals surface area contributed by atoms with Gasteiger partial charge in [-0.1, -0.05) is 0 Å². The first kappa shape index (κ1) is 10.8. The highest BCUT2D eigenvalue weighted by molar-refractivity contribution is 5.58. The van der Waals surface area contributed by atoms with E-state index in [1.807, 2.05) is 0 Å². The quantitative estimate of drug-likeness (QED) is 0.789. The summed E-state index contributed by atoms with van der Waals surface area (Å²) in [6, 6.07) is 3.30. The topological polar surface area (TPSA) is 37.4 Å². The SMILES string of the molecule is COc1nc2c(cc1C)C[C@@H]1CNC[C@@H](C)N21. The fraction of sp³-hybridized carbons (Fsp3) is 0.615. The van der Waals surface area contributed by atoms with Crippen LogP contribution in [-0.2, 0) is 6.42 Å². The van der Waals surface area contributed by atoms with Crippen LogP contribution in [0.1, 0.15) is 18.1 Å². The van der Waals surface area contributed by atoms with E-state index in [1.54, 1.807) is 7.11 Å². The molecule has 17 heavy (non-hydrogen) atoms. The number of hydrogen-bond donors (Lipinski definition) is 1. The molecule has 0 spiro atoms. The van der Waals surface area contributed by atoms with Crippen LogP contribution in [0, 0.1) is 6.92 Å². The van der Waals surface area contributed by atoms with Crippen molar-refractivity contribution in [2.45, 2.75) is 32.4 Å². The molecule has 0 radical (unpaired) electrons. The number of pyridine rings is 1. The average molecular weight is 233 g/mol. The Balaban J connectivity index is 2.05. The number of ether oxygens (including phenoxy) is 1. The van der Waals surface area contributed by atoms with E-state index in [-0.39, 0.29) is 0 Å². The Kier molecular flexibility index (Phi) is 2.47. The molecule has 1 N–H and O–H groups in total. The molecule has 3 rings (SSSR count).